The molecule has 1 N–H and O–H groups in total. The van der Waals surface area contributed by atoms with E-state index in [4.69, 9.17) is 9.47 Å². The zero-order valence-electron chi connectivity index (χ0n) is 16.7. The molecule has 0 radical (unpaired) electrons. The maximum atomic E-state index is 12.3. The molecule has 0 fully saturated rings. The summed E-state index contributed by atoms with van der Waals surface area (Å²) in [4.78, 5) is 36.2. The van der Waals surface area contributed by atoms with Crippen LogP contribution in [0.15, 0.2) is 59.7 Å². The number of anilines is 1. The number of amides is 2. The van der Waals surface area contributed by atoms with Crippen molar-refractivity contribution in [2.45, 2.75) is 19.3 Å². The van der Waals surface area contributed by atoms with Gasteiger partial charge in [-0.1, -0.05) is 42.5 Å². The Morgan fingerprint density at radius 3 is 2.53 bits per heavy atom. The molecule has 0 aliphatic carbocycles. The van der Waals surface area contributed by atoms with Crippen LogP contribution in [0.2, 0.25) is 0 Å². The molecule has 2 aromatic rings. The number of nitrogens with zero attached hydrogens (tertiary/aromatic N) is 2. The summed E-state index contributed by atoms with van der Waals surface area (Å²) in [5.74, 6) is -0.860. The largest absolute Gasteiger partial charge is 0.495 e. The van der Waals surface area contributed by atoms with Gasteiger partial charge in [0.2, 0.25) is 5.91 Å². The Hall–Kier alpha value is -3.68. The molecule has 30 heavy (non-hydrogen) atoms. The van der Waals surface area contributed by atoms with Crippen LogP contribution in [0.5, 0.6) is 5.75 Å². The number of esters is 1. The lowest BCUT2D eigenvalue weighted by atomic mass is 10.1. The molecule has 0 saturated carbocycles. The number of ether oxygens (including phenoxy) is 2. The highest BCUT2D eigenvalue weighted by molar-refractivity contribution is 6.02. The first-order chi connectivity index (χ1) is 14.6. The fraction of sp³-hybridized carbons (Fsp3) is 0.273. The summed E-state index contributed by atoms with van der Waals surface area (Å²) in [5.41, 5.74) is 2.31. The summed E-state index contributed by atoms with van der Waals surface area (Å²) in [6.07, 6.45) is 0.523. The average molecular weight is 409 g/mol. The van der Waals surface area contributed by atoms with Crippen LogP contribution in [0.3, 0.4) is 0 Å². The fourth-order valence-corrected chi connectivity index (χ4v) is 2.96. The molecule has 0 bridgehead atoms. The second kappa shape index (κ2) is 10.2. The standard InChI is InChI=1S/C22H23N3O5/c1-29-19-10-6-5-9-18(19)23-20(26)15-30-22(28)12-11-21(27)25-14-13-17(24-25)16-7-3-2-4-8-16/h2-10H,11-15H2,1H3,(H,23,26). The first-order valence-corrected chi connectivity index (χ1v) is 9.58. The van der Waals surface area contributed by atoms with Gasteiger partial charge < -0.3 is 14.8 Å². The van der Waals surface area contributed by atoms with Gasteiger partial charge in [0.1, 0.15) is 5.75 Å². The van der Waals surface area contributed by atoms with Crippen molar-refractivity contribution in [3.8, 4) is 5.75 Å². The molecule has 3 rings (SSSR count). The molecule has 0 atom stereocenters. The van der Waals surface area contributed by atoms with Crippen molar-refractivity contribution in [3.63, 3.8) is 0 Å². The second-order valence-corrected chi connectivity index (χ2v) is 6.59. The van der Waals surface area contributed by atoms with Crippen LogP contribution in [0, 0.1) is 0 Å². The van der Waals surface area contributed by atoms with Crippen LogP contribution in [0.4, 0.5) is 5.69 Å². The zero-order chi connectivity index (χ0) is 21.3. The van der Waals surface area contributed by atoms with E-state index in [1.807, 2.05) is 30.3 Å². The normalized spacial score (nSPS) is 12.8. The molecule has 1 aliphatic rings. The van der Waals surface area contributed by atoms with Crippen molar-refractivity contribution in [1.29, 1.82) is 0 Å². The van der Waals surface area contributed by atoms with Gasteiger partial charge in [-0.15, -0.1) is 0 Å². The zero-order valence-corrected chi connectivity index (χ0v) is 16.7. The Balaban J connectivity index is 1.41. The number of rotatable bonds is 8. The van der Waals surface area contributed by atoms with Gasteiger partial charge in [-0.05, 0) is 17.7 Å². The molecule has 2 amide bonds. The lowest BCUT2D eigenvalue weighted by molar-refractivity contribution is -0.148. The van der Waals surface area contributed by atoms with E-state index in [0.29, 0.717) is 24.4 Å². The van der Waals surface area contributed by atoms with Crippen molar-refractivity contribution >= 4 is 29.2 Å². The molecule has 0 spiro atoms. The molecule has 0 aromatic heterocycles. The van der Waals surface area contributed by atoms with E-state index >= 15 is 0 Å². The fourth-order valence-electron chi connectivity index (χ4n) is 2.96. The average Bonchev–Trinajstić information content (AvgIpc) is 3.27. The van der Waals surface area contributed by atoms with Crippen molar-refractivity contribution in [1.82, 2.24) is 5.01 Å². The number of hydrazone groups is 1. The van der Waals surface area contributed by atoms with Gasteiger partial charge in [0.15, 0.2) is 6.61 Å². The Morgan fingerprint density at radius 1 is 1.03 bits per heavy atom. The summed E-state index contributed by atoms with van der Waals surface area (Å²) in [7, 11) is 1.50. The molecule has 1 heterocycles. The van der Waals surface area contributed by atoms with Crippen LogP contribution >= 0.6 is 0 Å². The SMILES string of the molecule is COc1ccccc1NC(=O)COC(=O)CCC(=O)N1CCC(c2ccccc2)=N1. The molecule has 2 aromatic carbocycles. The van der Waals surface area contributed by atoms with Crippen molar-refractivity contribution < 1.29 is 23.9 Å². The maximum absolute atomic E-state index is 12.3. The second-order valence-electron chi connectivity index (χ2n) is 6.59. The number of hydrogen-bond acceptors (Lipinski definition) is 6. The van der Waals surface area contributed by atoms with E-state index in [1.165, 1.54) is 12.1 Å². The predicted octanol–water partition coefficient (Wildman–Crippen LogP) is 2.59. The summed E-state index contributed by atoms with van der Waals surface area (Å²) >= 11 is 0. The van der Waals surface area contributed by atoms with Crippen LogP contribution in [-0.4, -0.2) is 48.8 Å². The van der Waals surface area contributed by atoms with E-state index in [2.05, 4.69) is 10.4 Å². The molecule has 8 heteroatoms. The lowest BCUT2D eigenvalue weighted by Gasteiger charge is -2.11. The molecule has 0 unspecified atom stereocenters. The molecule has 156 valence electrons. The Morgan fingerprint density at radius 2 is 1.77 bits per heavy atom. The number of nitrogens with one attached hydrogen (secondary N) is 1. The minimum Gasteiger partial charge on any atom is -0.495 e. The number of methoxy groups -OCH3 is 1. The number of carbonyl (C=O) groups is 3. The lowest BCUT2D eigenvalue weighted by Crippen LogP contribution is -2.25. The van der Waals surface area contributed by atoms with Gasteiger partial charge in [-0.3, -0.25) is 14.4 Å². The van der Waals surface area contributed by atoms with Crippen LogP contribution < -0.4 is 10.1 Å². The summed E-state index contributed by atoms with van der Waals surface area (Å²) in [6, 6.07) is 16.6. The van der Waals surface area contributed by atoms with Crippen molar-refractivity contribution in [2.75, 3.05) is 25.6 Å². The van der Waals surface area contributed by atoms with Gasteiger partial charge in [0, 0.05) is 12.8 Å². The molecular formula is C22H23N3O5. The highest BCUT2D eigenvalue weighted by atomic mass is 16.5. The highest BCUT2D eigenvalue weighted by Crippen LogP contribution is 2.22. The van der Waals surface area contributed by atoms with Gasteiger partial charge in [0.25, 0.3) is 5.91 Å². The van der Waals surface area contributed by atoms with E-state index in [1.54, 1.807) is 24.3 Å². The minimum atomic E-state index is -0.620. The quantitative estimate of drug-likeness (QED) is 0.676. The molecule has 1 aliphatic heterocycles. The van der Waals surface area contributed by atoms with E-state index in [9.17, 15) is 14.4 Å². The van der Waals surface area contributed by atoms with E-state index in [0.717, 1.165) is 11.3 Å². The highest BCUT2D eigenvalue weighted by Gasteiger charge is 2.22. The van der Waals surface area contributed by atoms with E-state index in [-0.39, 0.29) is 18.7 Å². The number of hydrogen-bond donors (Lipinski definition) is 1. The monoisotopic (exact) mass is 409 g/mol. The topological polar surface area (TPSA) is 97.3 Å². The maximum Gasteiger partial charge on any atom is 0.306 e. The summed E-state index contributed by atoms with van der Waals surface area (Å²) < 4.78 is 10.1. The van der Waals surface area contributed by atoms with Crippen LogP contribution in [0.25, 0.3) is 0 Å². The first kappa shape index (κ1) is 21.0. The summed E-state index contributed by atoms with van der Waals surface area (Å²) in [5, 5.41) is 8.34. The Kier molecular flexibility index (Phi) is 7.15. The minimum absolute atomic E-state index is 0.0292. The first-order valence-electron chi connectivity index (χ1n) is 9.58. The van der Waals surface area contributed by atoms with Crippen molar-refractivity contribution in [2.24, 2.45) is 5.10 Å². The predicted molar refractivity (Wildman–Crippen MR) is 111 cm³/mol. The third-order valence-corrected chi connectivity index (χ3v) is 4.49. The Bertz CT molecular complexity index is 943. The van der Waals surface area contributed by atoms with Gasteiger partial charge in [-0.25, -0.2) is 5.01 Å². The smallest absolute Gasteiger partial charge is 0.306 e. The number of carbonyl (C=O) groups excluding carboxylic acids is 3. The molecular weight excluding hydrogens is 386 g/mol. The number of benzene rings is 2. The van der Waals surface area contributed by atoms with Gasteiger partial charge >= 0.3 is 5.97 Å². The van der Waals surface area contributed by atoms with Crippen LogP contribution in [-0.2, 0) is 19.1 Å². The molecule has 0 saturated heterocycles. The Labute approximate surface area is 174 Å². The van der Waals surface area contributed by atoms with E-state index < -0.39 is 18.5 Å². The van der Waals surface area contributed by atoms with Crippen molar-refractivity contribution in [3.05, 3.63) is 60.2 Å². The van der Waals surface area contributed by atoms with Gasteiger partial charge in [0.05, 0.1) is 31.5 Å². The number of para-hydroxylation sites is 2. The summed E-state index contributed by atoms with van der Waals surface area (Å²) in [6.45, 7) is 0.0461. The van der Waals surface area contributed by atoms with Crippen LogP contribution in [0.1, 0.15) is 24.8 Å². The molecule has 8 nitrogen and oxygen atoms in total. The third kappa shape index (κ3) is 5.66. The van der Waals surface area contributed by atoms with Gasteiger partial charge in [-0.2, -0.15) is 5.10 Å². The third-order valence-electron chi connectivity index (χ3n) is 4.49.